The van der Waals surface area contributed by atoms with Crippen LogP contribution >= 0.6 is 11.6 Å². The summed E-state index contributed by atoms with van der Waals surface area (Å²) in [7, 11) is 1.54. The van der Waals surface area contributed by atoms with Crippen LogP contribution in [0.25, 0.3) is 0 Å². The summed E-state index contributed by atoms with van der Waals surface area (Å²) < 4.78 is 10.5. The Hall–Kier alpha value is -3.25. The van der Waals surface area contributed by atoms with Gasteiger partial charge in [0, 0.05) is 23.1 Å². The molecule has 0 saturated heterocycles. The normalized spacial score (nSPS) is 10.2. The maximum Gasteiger partial charge on any atom is 0.255 e. The zero-order valence-electron chi connectivity index (χ0n) is 15.5. The van der Waals surface area contributed by atoms with Crippen LogP contribution in [0, 0.1) is 0 Å². The minimum Gasteiger partial charge on any atom is -0.495 e. The van der Waals surface area contributed by atoms with Crippen molar-refractivity contribution >= 4 is 34.7 Å². The van der Waals surface area contributed by atoms with Gasteiger partial charge >= 0.3 is 0 Å². The lowest BCUT2D eigenvalue weighted by Gasteiger charge is -2.10. The SMILES string of the molecule is CCOc1ccc(Nc2cc(C(=O)Nc3ccc(OC)c(Cl)c3)ccn2)cc1. The van der Waals surface area contributed by atoms with Crippen molar-refractivity contribution < 1.29 is 14.3 Å². The molecule has 0 spiro atoms. The van der Waals surface area contributed by atoms with Gasteiger partial charge in [0.15, 0.2) is 0 Å². The number of nitrogens with one attached hydrogen (secondary N) is 2. The second kappa shape index (κ2) is 9.10. The van der Waals surface area contributed by atoms with E-state index >= 15 is 0 Å². The molecule has 0 unspecified atom stereocenters. The van der Waals surface area contributed by atoms with Crippen LogP contribution in [0.15, 0.2) is 60.8 Å². The molecule has 0 radical (unpaired) electrons. The van der Waals surface area contributed by atoms with Gasteiger partial charge in [-0.1, -0.05) is 11.6 Å². The largest absolute Gasteiger partial charge is 0.495 e. The Balaban J connectivity index is 1.69. The van der Waals surface area contributed by atoms with Gasteiger partial charge in [0.1, 0.15) is 17.3 Å². The number of methoxy groups -OCH3 is 1. The lowest BCUT2D eigenvalue weighted by Crippen LogP contribution is -2.12. The molecule has 28 heavy (non-hydrogen) atoms. The van der Waals surface area contributed by atoms with Crippen molar-refractivity contribution in [2.24, 2.45) is 0 Å². The summed E-state index contributed by atoms with van der Waals surface area (Å²) in [5.74, 6) is 1.64. The van der Waals surface area contributed by atoms with Crippen molar-refractivity contribution in [3.8, 4) is 11.5 Å². The Morgan fingerprint density at radius 3 is 2.50 bits per heavy atom. The van der Waals surface area contributed by atoms with Gasteiger partial charge in [-0.15, -0.1) is 0 Å². The van der Waals surface area contributed by atoms with E-state index in [-0.39, 0.29) is 5.91 Å². The summed E-state index contributed by atoms with van der Waals surface area (Å²) in [6, 6.07) is 15.9. The number of aromatic nitrogens is 1. The fourth-order valence-electron chi connectivity index (χ4n) is 2.54. The van der Waals surface area contributed by atoms with E-state index in [2.05, 4.69) is 15.6 Å². The minimum atomic E-state index is -0.265. The van der Waals surface area contributed by atoms with Crippen LogP contribution in [-0.2, 0) is 0 Å². The first kappa shape index (κ1) is 19.5. The third-order valence-electron chi connectivity index (χ3n) is 3.87. The fraction of sp³-hybridized carbons (Fsp3) is 0.143. The van der Waals surface area contributed by atoms with Gasteiger partial charge in [0.2, 0.25) is 0 Å². The first-order chi connectivity index (χ1) is 13.6. The number of carbonyl (C=O) groups is 1. The molecule has 0 aliphatic carbocycles. The third-order valence-corrected chi connectivity index (χ3v) is 4.16. The standard InChI is InChI=1S/C21H20ClN3O3/c1-3-28-17-7-4-15(5-8-17)24-20-12-14(10-11-23-20)21(26)25-16-6-9-19(27-2)18(22)13-16/h4-13H,3H2,1-2H3,(H,23,24)(H,25,26). The fourth-order valence-corrected chi connectivity index (χ4v) is 2.79. The highest BCUT2D eigenvalue weighted by atomic mass is 35.5. The van der Waals surface area contributed by atoms with Gasteiger partial charge < -0.3 is 20.1 Å². The number of benzene rings is 2. The number of amides is 1. The number of ether oxygens (including phenoxy) is 2. The van der Waals surface area contributed by atoms with Gasteiger partial charge in [-0.05, 0) is 61.5 Å². The lowest BCUT2D eigenvalue weighted by atomic mass is 10.2. The van der Waals surface area contributed by atoms with E-state index in [1.165, 1.54) is 7.11 Å². The average Bonchev–Trinajstić information content (AvgIpc) is 2.70. The molecule has 144 valence electrons. The summed E-state index contributed by atoms with van der Waals surface area (Å²) in [4.78, 5) is 16.8. The number of rotatable bonds is 7. The average molecular weight is 398 g/mol. The van der Waals surface area contributed by atoms with Crippen molar-refractivity contribution in [2.45, 2.75) is 6.92 Å². The quantitative estimate of drug-likeness (QED) is 0.577. The van der Waals surface area contributed by atoms with Crippen molar-refractivity contribution in [1.29, 1.82) is 0 Å². The van der Waals surface area contributed by atoms with E-state index in [1.54, 1.807) is 36.5 Å². The zero-order chi connectivity index (χ0) is 19.9. The first-order valence-electron chi connectivity index (χ1n) is 8.70. The first-order valence-corrected chi connectivity index (χ1v) is 9.07. The number of hydrogen-bond acceptors (Lipinski definition) is 5. The van der Waals surface area contributed by atoms with Crippen LogP contribution in [-0.4, -0.2) is 24.6 Å². The Kier molecular flexibility index (Phi) is 6.34. The number of hydrogen-bond donors (Lipinski definition) is 2. The van der Waals surface area contributed by atoms with Crippen LogP contribution in [0.3, 0.4) is 0 Å². The molecule has 2 N–H and O–H groups in total. The van der Waals surface area contributed by atoms with Crippen molar-refractivity contribution in [3.63, 3.8) is 0 Å². The van der Waals surface area contributed by atoms with E-state index in [0.29, 0.717) is 34.4 Å². The van der Waals surface area contributed by atoms with Gasteiger partial charge in [-0.25, -0.2) is 4.98 Å². The summed E-state index contributed by atoms with van der Waals surface area (Å²) in [5, 5.41) is 6.41. The molecule has 7 heteroatoms. The van der Waals surface area contributed by atoms with E-state index in [4.69, 9.17) is 21.1 Å². The van der Waals surface area contributed by atoms with Gasteiger partial charge in [0.25, 0.3) is 5.91 Å². The smallest absolute Gasteiger partial charge is 0.255 e. The molecular weight excluding hydrogens is 378 g/mol. The van der Waals surface area contributed by atoms with Crippen LogP contribution in [0.1, 0.15) is 17.3 Å². The molecule has 0 fully saturated rings. The number of pyridine rings is 1. The Labute approximate surface area is 168 Å². The highest BCUT2D eigenvalue weighted by Crippen LogP contribution is 2.27. The number of halogens is 1. The van der Waals surface area contributed by atoms with Crippen molar-refractivity contribution in [1.82, 2.24) is 4.98 Å². The lowest BCUT2D eigenvalue weighted by molar-refractivity contribution is 0.102. The van der Waals surface area contributed by atoms with Gasteiger partial charge in [-0.3, -0.25) is 4.79 Å². The predicted octanol–water partition coefficient (Wildman–Crippen LogP) is 5.14. The highest BCUT2D eigenvalue weighted by molar-refractivity contribution is 6.32. The van der Waals surface area contributed by atoms with Crippen LogP contribution in [0.2, 0.25) is 5.02 Å². The highest BCUT2D eigenvalue weighted by Gasteiger charge is 2.09. The molecule has 1 amide bonds. The second-order valence-electron chi connectivity index (χ2n) is 5.82. The molecule has 2 aromatic carbocycles. The molecule has 0 aliphatic rings. The van der Waals surface area contributed by atoms with Crippen LogP contribution in [0.4, 0.5) is 17.2 Å². The zero-order valence-corrected chi connectivity index (χ0v) is 16.3. The molecule has 0 bridgehead atoms. The molecule has 1 aromatic heterocycles. The summed E-state index contributed by atoms with van der Waals surface area (Å²) >= 11 is 6.10. The van der Waals surface area contributed by atoms with E-state index in [1.807, 2.05) is 31.2 Å². The number of carbonyl (C=O) groups excluding carboxylic acids is 1. The van der Waals surface area contributed by atoms with Gasteiger partial charge in [-0.2, -0.15) is 0 Å². The number of nitrogens with zero attached hydrogens (tertiary/aromatic N) is 1. The molecule has 0 aliphatic heterocycles. The molecule has 1 heterocycles. The molecule has 0 atom stereocenters. The van der Waals surface area contributed by atoms with Crippen molar-refractivity contribution in [3.05, 3.63) is 71.4 Å². The molecular formula is C21H20ClN3O3. The van der Waals surface area contributed by atoms with Crippen molar-refractivity contribution in [2.75, 3.05) is 24.4 Å². The summed E-state index contributed by atoms with van der Waals surface area (Å²) in [6.07, 6.45) is 1.58. The Morgan fingerprint density at radius 1 is 1.07 bits per heavy atom. The monoisotopic (exact) mass is 397 g/mol. The Morgan fingerprint density at radius 2 is 1.82 bits per heavy atom. The molecule has 6 nitrogen and oxygen atoms in total. The Bertz CT molecular complexity index is 961. The van der Waals surface area contributed by atoms with E-state index < -0.39 is 0 Å². The van der Waals surface area contributed by atoms with Crippen LogP contribution < -0.4 is 20.1 Å². The molecule has 0 saturated carbocycles. The summed E-state index contributed by atoms with van der Waals surface area (Å²) in [5.41, 5.74) is 1.89. The molecule has 3 rings (SSSR count). The van der Waals surface area contributed by atoms with E-state index in [0.717, 1.165) is 11.4 Å². The van der Waals surface area contributed by atoms with Gasteiger partial charge in [0.05, 0.1) is 18.7 Å². The minimum absolute atomic E-state index is 0.265. The third kappa shape index (κ3) is 4.92. The maximum absolute atomic E-state index is 12.5. The topological polar surface area (TPSA) is 72.5 Å². The maximum atomic E-state index is 12.5. The molecule has 3 aromatic rings. The van der Waals surface area contributed by atoms with Crippen LogP contribution in [0.5, 0.6) is 11.5 Å². The second-order valence-corrected chi connectivity index (χ2v) is 6.22. The van der Waals surface area contributed by atoms with E-state index in [9.17, 15) is 4.79 Å². The predicted molar refractivity (Wildman–Crippen MR) is 111 cm³/mol. The number of anilines is 3. The summed E-state index contributed by atoms with van der Waals surface area (Å²) in [6.45, 7) is 2.55.